The summed E-state index contributed by atoms with van der Waals surface area (Å²) in [5.74, 6) is -1.98. The summed E-state index contributed by atoms with van der Waals surface area (Å²) in [5, 5.41) is 37.7. The van der Waals surface area contributed by atoms with Gasteiger partial charge in [-0.05, 0) is 47.0 Å². The fourth-order valence-electron chi connectivity index (χ4n) is 3.60. The highest BCUT2D eigenvalue weighted by molar-refractivity contribution is 6.30. The lowest BCUT2D eigenvalue weighted by Gasteiger charge is -2.24. The van der Waals surface area contributed by atoms with E-state index in [1.54, 1.807) is 24.3 Å². The van der Waals surface area contributed by atoms with Crippen LogP contribution in [0.4, 0.5) is 0 Å². The number of carboxylic acids is 1. The van der Waals surface area contributed by atoms with Crippen molar-refractivity contribution in [2.45, 2.75) is 12.6 Å². The van der Waals surface area contributed by atoms with Crippen LogP contribution in [0, 0.1) is 0 Å². The Labute approximate surface area is 211 Å². The number of amides is 1. The first-order valence-corrected chi connectivity index (χ1v) is 11.3. The molecule has 0 radical (unpaired) electrons. The first kappa shape index (κ1) is 24.9. The van der Waals surface area contributed by atoms with E-state index in [2.05, 4.69) is 15.6 Å². The van der Waals surface area contributed by atoms with Gasteiger partial charge in [-0.15, -0.1) is 0 Å². The summed E-state index contributed by atoms with van der Waals surface area (Å²) < 4.78 is 0. The Balaban J connectivity index is 1.50. The van der Waals surface area contributed by atoms with E-state index >= 15 is 0 Å². The molecule has 9 nitrogen and oxygen atoms in total. The maximum absolute atomic E-state index is 12.9. The molecule has 0 bridgehead atoms. The van der Waals surface area contributed by atoms with Crippen LogP contribution in [-0.4, -0.2) is 55.1 Å². The molecule has 0 aliphatic carbocycles. The van der Waals surface area contributed by atoms with Gasteiger partial charge in [-0.3, -0.25) is 15.3 Å². The SMILES string of the molecule is O=C(NN(Cc1ccc(-c2cccc(Cl)c2)cc1)C[C@@H](O)C(=O)O)c1cc(-c2ccccc2O)n[nH]1. The van der Waals surface area contributed by atoms with Crippen molar-refractivity contribution in [3.8, 4) is 28.1 Å². The number of hydrogen-bond donors (Lipinski definition) is 5. The van der Waals surface area contributed by atoms with Crippen molar-refractivity contribution in [2.75, 3.05) is 6.54 Å². The van der Waals surface area contributed by atoms with E-state index < -0.39 is 18.0 Å². The summed E-state index contributed by atoms with van der Waals surface area (Å²) in [7, 11) is 0. The van der Waals surface area contributed by atoms with Crippen LogP contribution in [0.5, 0.6) is 5.75 Å². The molecule has 0 aliphatic heterocycles. The number of aliphatic hydroxyl groups is 1. The Morgan fingerprint density at radius 2 is 1.75 bits per heavy atom. The lowest BCUT2D eigenvalue weighted by atomic mass is 10.0. The molecule has 5 N–H and O–H groups in total. The Kier molecular flexibility index (Phi) is 7.65. The lowest BCUT2D eigenvalue weighted by molar-refractivity contribution is -0.148. The molecule has 184 valence electrons. The number of aromatic amines is 1. The summed E-state index contributed by atoms with van der Waals surface area (Å²) in [5.41, 5.74) is 6.20. The minimum Gasteiger partial charge on any atom is -0.507 e. The maximum Gasteiger partial charge on any atom is 0.333 e. The third-order valence-corrected chi connectivity index (χ3v) is 5.66. The number of phenolic OH excluding ortho intramolecular Hbond substituents is 1. The average molecular weight is 507 g/mol. The van der Waals surface area contributed by atoms with E-state index in [9.17, 15) is 19.8 Å². The summed E-state index contributed by atoms with van der Waals surface area (Å²) in [4.78, 5) is 24.1. The molecule has 0 saturated heterocycles. The second kappa shape index (κ2) is 11.0. The molecule has 0 saturated carbocycles. The second-order valence-electron chi connectivity index (χ2n) is 8.07. The van der Waals surface area contributed by atoms with Gasteiger partial charge >= 0.3 is 5.97 Å². The fraction of sp³-hybridized carbons (Fsp3) is 0.115. The molecule has 0 fully saturated rings. The first-order valence-electron chi connectivity index (χ1n) is 11.0. The summed E-state index contributed by atoms with van der Waals surface area (Å²) >= 11 is 6.07. The predicted molar refractivity (Wildman–Crippen MR) is 134 cm³/mol. The number of rotatable bonds is 9. The van der Waals surface area contributed by atoms with Crippen LogP contribution in [0.15, 0.2) is 78.9 Å². The van der Waals surface area contributed by atoms with Crippen molar-refractivity contribution < 1.29 is 24.9 Å². The highest BCUT2D eigenvalue weighted by atomic mass is 35.5. The van der Waals surface area contributed by atoms with Crippen LogP contribution < -0.4 is 5.43 Å². The zero-order valence-corrected chi connectivity index (χ0v) is 19.7. The Morgan fingerprint density at radius 1 is 1.00 bits per heavy atom. The normalized spacial score (nSPS) is 11.9. The minimum atomic E-state index is -1.71. The van der Waals surface area contributed by atoms with Gasteiger partial charge in [0.15, 0.2) is 6.10 Å². The zero-order chi connectivity index (χ0) is 25.7. The molecule has 1 atom stereocenters. The van der Waals surface area contributed by atoms with E-state index in [0.717, 1.165) is 16.7 Å². The molecule has 1 amide bonds. The van der Waals surface area contributed by atoms with E-state index in [4.69, 9.17) is 16.7 Å². The monoisotopic (exact) mass is 506 g/mol. The molecule has 4 aromatic rings. The van der Waals surface area contributed by atoms with Gasteiger partial charge in [-0.25, -0.2) is 9.80 Å². The second-order valence-corrected chi connectivity index (χ2v) is 8.50. The number of carbonyl (C=O) groups is 2. The number of aliphatic carboxylic acids is 1. The fourth-order valence-corrected chi connectivity index (χ4v) is 3.79. The number of benzene rings is 3. The molecule has 36 heavy (non-hydrogen) atoms. The number of nitrogens with one attached hydrogen (secondary N) is 2. The number of halogens is 1. The van der Waals surface area contributed by atoms with Crippen LogP contribution in [0.2, 0.25) is 5.02 Å². The number of hydrazine groups is 1. The Morgan fingerprint density at radius 3 is 2.44 bits per heavy atom. The van der Waals surface area contributed by atoms with E-state index in [-0.39, 0.29) is 24.5 Å². The van der Waals surface area contributed by atoms with E-state index in [0.29, 0.717) is 16.3 Å². The number of H-pyrrole nitrogens is 1. The maximum atomic E-state index is 12.9. The number of carboxylic acid groups (broad SMARTS) is 1. The molecule has 1 heterocycles. The molecule has 0 unspecified atom stereocenters. The van der Waals surface area contributed by atoms with E-state index in [1.807, 2.05) is 42.5 Å². The van der Waals surface area contributed by atoms with Crippen LogP contribution >= 0.6 is 11.6 Å². The van der Waals surface area contributed by atoms with Gasteiger partial charge in [0, 0.05) is 17.1 Å². The summed E-state index contributed by atoms with van der Waals surface area (Å²) in [6, 6.07) is 22.9. The van der Waals surface area contributed by atoms with Gasteiger partial charge in [0.25, 0.3) is 5.91 Å². The molecular formula is C26H23ClN4O5. The van der Waals surface area contributed by atoms with Crippen LogP contribution in [-0.2, 0) is 11.3 Å². The Hall–Kier alpha value is -4.18. The smallest absolute Gasteiger partial charge is 0.333 e. The Bertz CT molecular complexity index is 1370. The van der Waals surface area contributed by atoms with Crippen LogP contribution in [0.3, 0.4) is 0 Å². The standard InChI is InChI=1S/C26H23ClN4O5/c27-19-5-3-4-18(12-19)17-10-8-16(9-11-17)14-31(15-24(33)26(35)36)30-25(34)22-13-21(28-29-22)20-6-1-2-7-23(20)32/h1-13,24,32-33H,14-15H2,(H,28,29)(H,30,34)(H,35,36)/t24-/m1/s1. The van der Waals surface area contributed by atoms with Crippen molar-refractivity contribution in [1.82, 2.24) is 20.6 Å². The van der Waals surface area contributed by atoms with Gasteiger partial charge in [-0.2, -0.15) is 5.10 Å². The number of phenols is 1. The number of nitrogens with zero attached hydrogens (tertiary/aromatic N) is 2. The first-order chi connectivity index (χ1) is 17.3. The van der Waals surface area contributed by atoms with Crippen molar-refractivity contribution in [2.24, 2.45) is 0 Å². The van der Waals surface area contributed by atoms with E-state index in [1.165, 1.54) is 17.1 Å². The third-order valence-electron chi connectivity index (χ3n) is 5.43. The van der Waals surface area contributed by atoms with Crippen molar-refractivity contribution >= 4 is 23.5 Å². The highest BCUT2D eigenvalue weighted by Crippen LogP contribution is 2.27. The number of aromatic nitrogens is 2. The molecular weight excluding hydrogens is 484 g/mol. The number of aliphatic hydroxyl groups excluding tert-OH is 1. The van der Waals surface area contributed by atoms with Crippen LogP contribution in [0.1, 0.15) is 16.1 Å². The van der Waals surface area contributed by atoms with Crippen molar-refractivity contribution in [3.05, 3.63) is 95.1 Å². The molecule has 10 heteroatoms. The molecule has 0 spiro atoms. The largest absolute Gasteiger partial charge is 0.507 e. The van der Waals surface area contributed by atoms with Gasteiger partial charge in [0.05, 0.1) is 12.2 Å². The number of para-hydroxylation sites is 1. The lowest BCUT2D eigenvalue weighted by Crippen LogP contribution is -2.47. The van der Waals surface area contributed by atoms with Gasteiger partial charge in [-0.1, -0.05) is 60.1 Å². The quantitative estimate of drug-likeness (QED) is 0.218. The van der Waals surface area contributed by atoms with Crippen LogP contribution in [0.25, 0.3) is 22.4 Å². The summed E-state index contributed by atoms with van der Waals surface area (Å²) in [6.45, 7) is -0.218. The minimum absolute atomic E-state index is 0.0170. The van der Waals surface area contributed by atoms with Gasteiger partial charge in [0.1, 0.15) is 11.4 Å². The van der Waals surface area contributed by atoms with Gasteiger partial charge < -0.3 is 15.3 Å². The molecule has 0 aliphatic rings. The zero-order valence-electron chi connectivity index (χ0n) is 18.9. The van der Waals surface area contributed by atoms with Crippen molar-refractivity contribution in [3.63, 3.8) is 0 Å². The van der Waals surface area contributed by atoms with Gasteiger partial charge in [0.2, 0.25) is 0 Å². The number of aromatic hydroxyl groups is 1. The summed E-state index contributed by atoms with van der Waals surface area (Å²) in [6.07, 6.45) is -1.71. The van der Waals surface area contributed by atoms with Crippen molar-refractivity contribution in [1.29, 1.82) is 0 Å². The molecule has 4 rings (SSSR count). The molecule has 3 aromatic carbocycles. The number of hydrogen-bond acceptors (Lipinski definition) is 6. The third kappa shape index (κ3) is 6.08. The average Bonchev–Trinajstić information content (AvgIpc) is 3.35. The topological polar surface area (TPSA) is 139 Å². The predicted octanol–water partition coefficient (Wildman–Crippen LogP) is 3.70. The number of carbonyl (C=O) groups excluding carboxylic acids is 1. The highest BCUT2D eigenvalue weighted by Gasteiger charge is 2.22. The molecule has 1 aromatic heterocycles.